The summed E-state index contributed by atoms with van der Waals surface area (Å²) >= 11 is 0. The first-order valence-electron chi connectivity index (χ1n) is 8.05. The number of hydrogen-bond donors (Lipinski definition) is 1. The highest BCUT2D eigenvalue weighted by Crippen LogP contribution is 2.39. The number of ether oxygens (including phenoxy) is 1. The van der Waals surface area contributed by atoms with Gasteiger partial charge in [-0.15, -0.1) is 0 Å². The van der Waals surface area contributed by atoms with E-state index in [0.29, 0.717) is 0 Å². The second kappa shape index (κ2) is 8.56. The Kier molecular flexibility index (Phi) is 7.08. The van der Waals surface area contributed by atoms with Gasteiger partial charge in [0, 0.05) is 11.6 Å². The molecular formula is C20H28O3. The number of aryl methyl sites for hydroxylation is 1. The zero-order valence-corrected chi connectivity index (χ0v) is 15.1. The summed E-state index contributed by atoms with van der Waals surface area (Å²) in [5.41, 5.74) is 3.72. The van der Waals surface area contributed by atoms with Crippen LogP contribution in [0.3, 0.4) is 0 Å². The summed E-state index contributed by atoms with van der Waals surface area (Å²) < 4.78 is 5.34. The van der Waals surface area contributed by atoms with Crippen molar-refractivity contribution < 1.29 is 14.6 Å². The van der Waals surface area contributed by atoms with Crippen LogP contribution in [0.5, 0.6) is 11.5 Å². The third-order valence-electron chi connectivity index (χ3n) is 3.65. The maximum atomic E-state index is 11.8. The Hall–Kier alpha value is -2.03. The summed E-state index contributed by atoms with van der Waals surface area (Å²) in [7, 11) is 0. The van der Waals surface area contributed by atoms with E-state index in [0.717, 1.165) is 29.5 Å². The fraction of sp³-hybridized carbons (Fsp3) is 0.450. The Morgan fingerprint density at radius 1 is 1.22 bits per heavy atom. The molecule has 0 saturated carbocycles. The predicted molar refractivity (Wildman–Crippen MR) is 95.0 cm³/mol. The van der Waals surface area contributed by atoms with Crippen molar-refractivity contribution in [1.29, 1.82) is 0 Å². The summed E-state index contributed by atoms with van der Waals surface area (Å²) in [6, 6.07) is 3.80. The van der Waals surface area contributed by atoms with Crippen LogP contribution in [-0.2, 0) is 4.79 Å². The van der Waals surface area contributed by atoms with Gasteiger partial charge in [0.2, 0.25) is 0 Å². The van der Waals surface area contributed by atoms with Crippen LogP contribution in [0.2, 0.25) is 0 Å². The molecule has 0 bridgehead atoms. The molecule has 1 unspecified atom stereocenters. The monoisotopic (exact) mass is 316 g/mol. The van der Waals surface area contributed by atoms with Gasteiger partial charge in [-0.3, -0.25) is 0 Å². The topological polar surface area (TPSA) is 46.5 Å². The van der Waals surface area contributed by atoms with Crippen molar-refractivity contribution >= 4 is 5.97 Å². The number of rotatable bonds is 6. The fourth-order valence-electron chi connectivity index (χ4n) is 2.36. The average molecular weight is 316 g/mol. The molecule has 0 fully saturated rings. The minimum atomic E-state index is -0.460. The molecule has 0 aromatic heterocycles. The quantitative estimate of drug-likeness (QED) is 0.330. The zero-order valence-electron chi connectivity index (χ0n) is 15.1. The SMILES string of the molecule is CC(C)=CCCC(C)c1ccc(C)c(OC(=O)C=C(C)C)c1O. The number of esters is 1. The number of phenols is 1. The molecule has 0 saturated heterocycles. The lowest BCUT2D eigenvalue weighted by Crippen LogP contribution is -2.07. The highest BCUT2D eigenvalue weighted by Gasteiger charge is 2.18. The fourth-order valence-corrected chi connectivity index (χ4v) is 2.36. The van der Waals surface area contributed by atoms with Crippen LogP contribution in [0.15, 0.2) is 35.4 Å². The maximum Gasteiger partial charge on any atom is 0.336 e. The number of hydrogen-bond acceptors (Lipinski definition) is 3. The average Bonchev–Trinajstić information content (AvgIpc) is 2.42. The lowest BCUT2D eigenvalue weighted by Gasteiger charge is -2.16. The molecule has 0 radical (unpaired) electrons. The van der Waals surface area contributed by atoms with E-state index in [1.54, 1.807) is 0 Å². The van der Waals surface area contributed by atoms with Gasteiger partial charge in [0.05, 0.1) is 0 Å². The number of aromatic hydroxyl groups is 1. The lowest BCUT2D eigenvalue weighted by atomic mass is 9.93. The Morgan fingerprint density at radius 3 is 2.43 bits per heavy atom. The van der Waals surface area contributed by atoms with Gasteiger partial charge in [-0.1, -0.05) is 36.3 Å². The molecule has 23 heavy (non-hydrogen) atoms. The normalized spacial score (nSPS) is 11.6. The molecule has 1 atom stereocenters. The van der Waals surface area contributed by atoms with Crippen LogP contribution in [0.25, 0.3) is 0 Å². The van der Waals surface area contributed by atoms with Crippen LogP contribution in [0.4, 0.5) is 0 Å². The van der Waals surface area contributed by atoms with E-state index < -0.39 is 5.97 Å². The second-order valence-electron chi connectivity index (χ2n) is 6.55. The molecule has 0 aliphatic rings. The number of carbonyl (C=O) groups is 1. The standard InChI is InChI=1S/C20H28O3/c1-13(2)8-7-9-15(5)17-11-10-16(6)20(19(17)22)23-18(21)12-14(3)4/h8,10-12,15,22H,7,9H2,1-6H3. The van der Waals surface area contributed by atoms with E-state index in [9.17, 15) is 9.90 Å². The van der Waals surface area contributed by atoms with Gasteiger partial charge >= 0.3 is 5.97 Å². The molecule has 0 spiro atoms. The molecular weight excluding hydrogens is 288 g/mol. The Morgan fingerprint density at radius 2 is 1.87 bits per heavy atom. The molecule has 126 valence electrons. The van der Waals surface area contributed by atoms with E-state index >= 15 is 0 Å². The van der Waals surface area contributed by atoms with Crippen molar-refractivity contribution in [3.63, 3.8) is 0 Å². The lowest BCUT2D eigenvalue weighted by molar-refractivity contribution is -0.129. The molecule has 0 aliphatic carbocycles. The first kappa shape index (κ1) is 19.0. The Balaban J connectivity index is 2.99. The number of allylic oxidation sites excluding steroid dienone is 3. The summed E-state index contributed by atoms with van der Waals surface area (Å²) in [5, 5.41) is 10.5. The van der Waals surface area contributed by atoms with E-state index in [1.165, 1.54) is 11.6 Å². The smallest absolute Gasteiger partial charge is 0.336 e. The Labute approximate surface area is 139 Å². The largest absolute Gasteiger partial charge is 0.504 e. The van der Waals surface area contributed by atoms with Crippen molar-refractivity contribution in [2.24, 2.45) is 0 Å². The van der Waals surface area contributed by atoms with Crippen LogP contribution in [0.1, 0.15) is 64.5 Å². The van der Waals surface area contributed by atoms with Gasteiger partial charge in [-0.25, -0.2) is 4.79 Å². The molecule has 3 nitrogen and oxygen atoms in total. The molecule has 3 heteroatoms. The number of benzene rings is 1. The van der Waals surface area contributed by atoms with Gasteiger partial charge in [0.15, 0.2) is 11.5 Å². The molecule has 0 heterocycles. The van der Waals surface area contributed by atoms with Crippen LogP contribution in [0, 0.1) is 6.92 Å². The molecule has 0 amide bonds. The zero-order chi connectivity index (χ0) is 17.6. The van der Waals surface area contributed by atoms with E-state index in [1.807, 2.05) is 32.9 Å². The summed E-state index contributed by atoms with van der Waals surface area (Å²) in [6.45, 7) is 11.7. The summed E-state index contributed by atoms with van der Waals surface area (Å²) in [6.07, 6.45) is 5.51. The van der Waals surface area contributed by atoms with Gasteiger partial charge in [0.1, 0.15) is 0 Å². The van der Waals surface area contributed by atoms with Gasteiger partial charge in [-0.2, -0.15) is 0 Å². The second-order valence-corrected chi connectivity index (χ2v) is 6.55. The van der Waals surface area contributed by atoms with Crippen LogP contribution >= 0.6 is 0 Å². The highest BCUT2D eigenvalue weighted by atomic mass is 16.5. The first-order valence-corrected chi connectivity index (χ1v) is 8.05. The first-order chi connectivity index (χ1) is 10.7. The van der Waals surface area contributed by atoms with Crippen LogP contribution < -0.4 is 4.74 Å². The number of carbonyl (C=O) groups excluding carboxylic acids is 1. The molecule has 1 N–H and O–H groups in total. The van der Waals surface area contributed by atoms with Gasteiger partial charge in [-0.05, 0) is 58.9 Å². The Bertz CT molecular complexity index is 616. The number of phenolic OH excluding ortho intramolecular Hbond substituents is 1. The summed E-state index contributed by atoms with van der Waals surface area (Å²) in [4.78, 5) is 11.8. The molecule has 1 aromatic rings. The minimum absolute atomic E-state index is 0.0743. The van der Waals surface area contributed by atoms with E-state index in [-0.39, 0.29) is 17.4 Å². The maximum absolute atomic E-state index is 11.8. The minimum Gasteiger partial charge on any atom is -0.504 e. The van der Waals surface area contributed by atoms with Crippen molar-refractivity contribution in [2.75, 3.05) is 0 Å². The van der Waals surface area contributed by atoms with Crippen molar-refractivity contribution in [3.05, 3.63) is 46.6 Å². The third kappa shape index (κ3) is 5.93. The third-order valence-corrected chi connectivity index (χ3v) is 3.65. The van der Waals surface area contributed by atoms with Crippen LogP contribution in [-0.4, -0.2) is 11.1 Å². The van der Waals surface area contributed by atoms with Crippen molar-refractivity contribution in [2.45, 2.75) is 60.3 Å². The summed E-state index contributed by atoms with van der Waals surface area (Å²) in [5.74, 6) is 0.0640. The van der Waals surface area contributed by atoms with Gasteiger partial charge in [0.25, 0.3) is 0 Å². The highest BCUT2D eigenvalue weighted by molar-refractivity contribution is 5.85. The predicted octanol–water partition coefficient (Wildman–Crippen LogP) is 5.42. The van der Waals surface area contributed by atoms with E-state index in [4.69, 9.17) is 4.74 Å². The molecule has 1 aromatic carbocycles. The van der Waals surface area contributed by atoms with Crippen molar-refractivity contribution in [1.82, 2.24) is 0 Å². The molecule has 0 aliphatic heterocycles. The van der Waals surface area contributed by atoms with Crippen molar-refractivity contribution in [3.8, 4) is 11.5 Å². The van der Waals surface area contributed by atoms with E-state index in [2.05, 4.69) is 26.8 Å². The van der Waals surface area contributed by atoms with Gasteiger partial charge < -0.3 is 9.84 Å². The molecule has 1 rings (SSSR count).